The fourth-order valence-corrected chi connectivity index (χ4v) is 1.84. The van der Waals surface area contributed by atoms with E-state index in [0.29, 0.717) is 10.0 Å². The minimum absolute atomic E-state index is 0.108. The summed E-state index contributed by atoms with van der Waals surface area (Å²) in [7, 11) is 0. The van der Waals surface area contributed by atoms with Crippen molar-refractivity contribution in [2.75, 3.05) is 5.32 Å². The lowest BCUT2D eigenvalue weighted by atomic mass is 10.2. The molecule has 0 atom stereocenters. The average molecular weight is 330 g/mol. The Morgan fingerprint density at radius 1 is 1.33 bits per heavy atom. The summed E-state index contributed by atoms with van der Waals surface area (Å²) in [5.41, 5.74) is 0.424. The van der Waals surface area contributed by atoms with Crippen LogP contribution in [0.3, 0.4) is 0 Å². The zero-order chi connectivity index (χ0) is 13.1. The second-order valence-electron chi connectivity index (χ2n) is 3.45. The van der Waals surface area contributed by atoms with Crippen LogP contribution in [-0.4, -0.2) is 10.9 Å². The van der Waals surface area contributed by atoms with E-state index >= 15 is 0 Å². The number of benzene rings is 1. The van der Waals surface area contributed by atoms with Crippen molar-refractivity contribution in [1.82, 2.24) is 4.98 Å². The molecule has 2 aromatic rings. The van der Waals surface area contributed by atoms with Crippen LogP contribution in [0.25, 0.3) is 0 Å². The maximum absolute atomic E-state index is 13.5. The molecule has 1 N–H and O–H groups in total. The number of carbonyl (C=O) groups excluding carboxylic acids is 1. The van der Waals surface area contributed by atoms with Crippen molar-refractivity contribution in [3.8, 4) is 0 Å². The summed E-state index contributed by atoms with van der Waals surface area (Å²) >= 11 is 8.81. The molecule has 1 aromatic heterocycles. The zero-order valence-corrected chi connectivity index (χ0v) is 11.3. The van der Waals surface area contributed by atoms with Gasteiger partial charge in [0.15, 0.2) is 0 Å². The van der Waals surface area contributed by atoms with Crippen molar-refractivity contribution >= 4 is 39.1 Å². The fraction of sp³-hybridized carbons (Fsp3) is 0. The van der Waals surface area contributed by atoms with Crippen LogP contribution in [0.15, 0.2) is 41.0 Å². The molecule has 0 bridgehead atoms. The molecule has 0 saturated carbocycles. The van der Waals surface area contributed by atoms with Gasteiger partial charge in [0, 0.05) is 16.2 Å². The van der Waals surface area contributed by atoms with Gasteiger partial charge in [-0.2, -0.15) is 0 Å². The predicted molar refractivity (Wildman–Crippen MR) is 71.3 cm³/mol. The van der Waals surface area contributed by atoms with E-state index in [4.69, 9.17) is 11.6 Å². The number of anilines is 1. The first kappa shape index (κ1) is 13.0. The van der Waals surface area contributed by atoms with Crippen LogP contribution < -0.4 is 5.32 Å². The van der Waals surface area contributed by atoms with Crippen molar-refractivity contribution in [2.45, 2.75) is 0 Å². The van der Waals surface area contributed by atoms with E-state index < -0.39 is 11.7 Å². The van der Waals surface area contributed by atoms with Gasteiger partial charge < -0.3 is 5.32 Å². The molecule has 1 amide bonds. The maximum Gasteiger partial charge on any atom is 0.255 e. The average Bonchev–Trinajstić information content (AvgIpc) is 2.32. The van der Waals surface area contributed by atoms with Gasteiger partial charge in [0.2, 0.25) is 0 Å². The van der Waals surface area contributed by atoms with Gasteiger partial charge in [-0.3, -0.25) is 4.79 Å². The first-order chi connectivity index (χ1) is 8.56. The summed E-state index contributed by atoms with van der Waals surface area (Å²) in [6, 6.07) is 7.29. The second-order valence-corrected chi connectivity index (χ2v) is 4.75. The summed E-state index contributed by atoms with van der Waals surface area (Å²) in [5, 5.41) is 2.67. The molecular formula is C12H7BrClFN2O. The van der Waals surface area contributed by atoms with E-state index in [0.717, 1.165) is 0 Å². The highest BCUT2D eigenvalue weighted by molar-refractivity contribution is 9.10. The molecular weight excluding hydrogens is 322 g/mol. The molecule has 2 rings (SSSR count). The number of nitrogens with zero attached hydrogens (tertiary/aromatic N) is 1. The van der Waals surface area contributed by atoms with Crippen LogP contribution in [0.1, 0.15) is 10.4 Å². The van der Waals surface area contributed by atoms with Gasteiger partial charge in [0.25, 0.3) is 5.91 Å². The normalized spacial score (nSPS) is 10.2. The number of hydrogen-bond acceptors (Lipinski definition) is 2. The maximum atomic E-state index is 13.5. The minimum Gasteiger partial charge on any atom is -0.319 e. The SMILES string of the molecule is O=C(Nc1ccc(Br)cc1F)c1ccnc(Cl)c1. The van der Waals surface area contributed by atoms with Crippen molar-refractivity contribution in [2.24, 2.45) is 0 Å². The number of hydrogen-bond donors (Lipinski definition) is 1. The van der Waals surface area contributed by atoms with Crippen LogP contribution >= 0.6 is 27.5 Å². The Hall–Kier alpha value is -1.46. The zero-order valence-electron chi connectivity index (χ0n) is 8.95. The Morgan fingerprint density at radius 3 is 2.78 bits per heavy atom. The van der Waals surface area contributed by atoms with Gasteiger partial charge in [0.1, 0.15) is 11.0 Å². The summed E-state index contributed by atoms with van der Waals surface area (Å²) in [6.07, 6.45) is 1.41. The molecule has 0 unspecified atom stereocenters. The van der Waals surface area contributed by atoms with Crippen LogP contribution in [0.4, 0.5) is 10.1 Å². The Bertz CT molecular complexity index is 606. The molecule has 1 aromatic carbocycles. The van der Waals surface area contributed by atoms with Crippen LogP contribution in [-0.2, 0) is 0 Å². The van der Waals surface area contributed by atoms with Crippen LogP contribution in [0.2, 0.25) is 5.15 Å². The Balaban J connectivity index is 2.21. The monoisotopic (exact) mass is 328 g/mol. The topological polar surface area (TPSA) is 42.0 Å². The van der Waals surface area contributed by atoms with Gasteiger partial charge >= 0.3 is 0 Å². The molecule has 0 radical (unpaired) electrons. The Labute approximate surface area is 116 Å². The molecule has 0 aliphatic heterocycles. The highest BCUT2D eigenvalue weighted by atomic mass is 79.9. The van der Waals surface area contributed by atoms with Crippen molar-refractivity contribution < 1.29 is 9.18 Å². The number of nitrogens with one attached hydrogen (secondary N) is 1. The number of rotatable bonds is 2. The molecule has 0 aliphatic rings. The summed E-state index contributed by atoms with van der Waals surface area (Å²) in [5.74, 6) is -0.960. The number of amides is 1. The fourth-order valence-electron chi connectivity index (χ4n) is 1.33. The number of carbonyl (C=O) groups is 1. The Morgan fingerprint density at radius 2 is 2.11 bits per heavy atom. The van der Waals surface area contributed by atoms with E-state index in [1.807, 2.05) is 0 Å². The van der Waals surface area contributed by atoms with Crippen molar-refractivity contribution in [3.05, 3.63) is 57.5 Å². The lowest BCUT2D eigenvalue weighted by molar-refractivity contribution is 0.102. The van der Waals surface area contributed by atoms with Crippen molar-refractivity contribution in [1.29, 1.82) is 0 Å². The molecule has 18 heavy (non-hydrogen) atoms. The smallest absolute Gasteiger partial charge is 0.255 e. The minimum atomic E-state index is -0.516. The summed E-state index contributed by atoms with van der Waals surface area (Å²) in [4.78, 5) is 15.6. The Kier molecular flexibility index (Phi) is 3.93. The summed E-state index contributed by atoms with van der Waals surface area (Å²) in [6.45, 7) is 0. The largest absolute Gasteiger partial charge is 0.319 e. The number of pyridine rings is 1. The van der Waals surface area contributed by atoms with Gasteiger partial charge in [-0.1, -0.05) is 27.5 Å². The van der Waals surface area contributed by atoms with E-state index in [-0.39, 0.29) is 10.8 Å². The molecule has 1 heterocycles. The molecule has 92 valence electrons. The predicted octanol–water partition coefficient (Wildman–Crippen LogP) is 3.89. The third-order valence-electron chi connectivity index (χ3n) is 2.17. The van der Waals surface area contributed by atoms with Gasteiger partial charge in [-0.25, -0.2) is 9.37 Å². The molecule has 0 aliphatic carbocycles. The molecule has 3 nitrogen and oxygen atoms in total. The van der Waals surface area contributed by atoms with Gasteiger partial charge in [-0.15, -0.1) is 0 Å². The third kappa shape index (κ3) is 3.05. The standard InChI is InChI=1S/C12H7BrClFN2O/c13-8-1-2-10(9(15)6-8)17-12(18)7-3-4-16-11(14)5-7/h1-6H,(H,17,18). The molecule has 0 saturated heterocycles. The number of halogens is 3. The van der Waals surface area contributed by atoms with Crippen LogP contribution in [0.5, 0.6) is 0 Å². The molecule has 0 spiro atoms. The third-order valence-corrected chi connectivity index (χ3v) is 2.87. The van der Waals surface area contributed by atoms with E-state index in [1.165, 1.54) is 30.5 Å². The van der Waals surface area contributed by atoms with E-state index in [1.54, 1.807) is 6.07 Å². The lowest BCUT2D eigenvalue weighted by Gasteiger charge is -2.06. The van der Waals surface area contributed by atoms with Gasteiger partial charge in [-0.05, 0) is 30.3 Å². The van der Waals surface area contributed by atoms with E-state index in [2.05, 4.69) is 26.2 Å². The lowest BCUT2D eigenvalue weighted by Crippen LogP contribution is -2.13. The van der Waals surface area contributed by atoms with Crippen LogP contribution in [0, 0.1) is 5.82 Å². The first-order valence-corrected chi connectivity index (χ1v) is 6.11. The first-order valence-electron chi connectivity index (χ1n) is 4.94. The summed E-state index contributed by atoms with van der Waals surface area (Å²) < 4.78 is 14.1. The molecule has 0 fully saturated rings. The quantitative estimate of drug-likeness (QED) is 0.849. The van der Waals surface area contributed by atoms with Gasteiger partial charge in [0.05, 0.1) is 5.69 Å². The second kappa shape index (κ2) is 5.46. The number of aromatic nitrogens is 1. The molecule has 6 heteroatoms. The highest BCUT2D eigenvalue weighted by Gasteiger charge is 2.10. The van der Waals surface area contributed by atoms with E-state index in [9.17, 15) is 9.18 Å². The highest BCUT2D eigenvalue weighted by Crippen LogP contribution is 2.20. The van der Waals surface area contributed by atoms with Crippen molar-refractivity contribution in [3.63, 3.8) is 0 Å².